The zero-order chi connectivity index (χ0) is 15.2. The SMILES string of the molecule is CNC(=O)Nc1snc(OCc2cccnc2)c1C(N)=O. The Bertz CT molecular complexity index is 644. The van der Waals surface area contributed by atoms with E-state index in [1.165, 1.54) is 7.05 Å². The molecule has 2 heterocycles. The van der Waals surface area contributed by atoms with Gasteiger partial charge in [-0.2, -0.15) is 4.37 Å². The molecular weight excluding hydrogens is 294 g/mol. The highest BCUT2D eigenvalue weighted by Crippen LogP contribution is 2.30. The van der Waals surface area contributed by atoms with Crippen molar-refractivity contribution < 1.29 is 14.3 Å². The van der Waals surface area contributed by atoms with E-state index >= 15 is 0 Å². The number of anilines is 1. The summed E-state index contributed by atoms with van der Waals surface area (Å²) in [5.74, 6) is -0.640. The average molecular weight is 307 g/mol. The molecule has 0 aliphatic carbocycles. The molecule has 0 saturated carbocycles. The highest BCUT2D eigenvalue weighted by Gasteiger charge is 2.21. The maximum Gasteiger partial charge on any atom is 0.319 e. The predicted molar refractivity (Wildman–Crippen MR) is 77.3 cm³/mol. The van der Waals surface area contributed by atoms with Gasteiger partial charge in [-0.15, -0.1) is 0 Å². The van der Waals surface area contributed by atoms with Crippen molar-refractivity contribution in [3.63, 3.8) is 0 Å². The largest absolute Gasteiger partial charge is 0.472 e. The number of urea groups is 1. The van der Waals surface area contributed by atoms with Crippen LogP contribution in [0.1, 0.15) is 15.9 Å². The van der Waals surface area contributed by atoms with E-state index in [9.17, 15) is 9.59 Å². The number of primary amides is 1. The maximum atomic E-state index is 11.5. The molecule has 4 N–H and O–H groups in total. The van der Waals surface area contributed by atoms with Gasteiger partial charge in [-0.3, -0.25) is 15.1 Å². The molecule has 0 spiro atoms. The van der Waals surface area contributed by atoms with Gasteiger partial charge in [0, 0.05) is 25.0 Å². The van der Waals surface area contributed by atoms with Gasteiger partial charge >= 0.3 is 6.03 Å². The Kier molecular flexibility index (Phi) is 4.67. The molecule has 2 rings (SSSR count). The summed E-state index contributed by atoms with van der Waals surface area (Å²) in [6, 6.07) is 3.13. The zero-order valence-electron chi connectivity index (χ0n) is 11.1. The molecule has 110 valence electrons. The lowest BCUT2D eigenvalue weighted by Gasteiger charge is -2.05. The van der Waals surface area contributed by atoms with Crippen LogP contribution in [0.5, 0.6) is 5.88 Å². The van der Waals surface area contributed by atoms with Crippen molar-refractivity contribution in [2.24, 2.45) is 5.73 Å². The summed E-state index contributed by atoms with van der Waals surface area (Å²) in [5, 5.41) is 5.09. The minimum atomic E-state index is -0.726. The number of hydrogen-bond donors (Lipinski definition) is 3. The van der Waals surface area contributed by atoms with Crippen LogP contribution < -0.4 is 21.1 Å². The van der Waals surface area contributed by atoms with E-state index in [2.05, 4.69) is 20.0 Å². The Morgan fingerprint density at radius 3 is 2.90 bits per heavy atom. The standard InChI is InChI=1S/C12H13N5O3S/c1-14-12(19)16-11-8(9(13)18)10(17-21-11)20-6-7-3-2-4-15-5-7/h2-5H,6H2,1H3,(H2,13,18)(H2,14,16,19). The van der Waals surface area contributed by atoms with E-state index in [-0.39, 0.29) is 23.1 Å². The van der Waals surface area contributed by atoms with Crippen molar-refractivity contribution in [3.8, 4) is 5.88 Å². The molecule has 2 aromatic heterocycles. The summed E-state index contributed by atoms with van der Waals surface area (Å²) in [6.45, 7) is 0.192. The molecule has 2 aromatic rings. The van der Waals surface area contributed by atoms with Crippen LogP contribution in [-0.2, 0) is 6.61 Å². The zero-order valence-corrected chi connectivity index (χ0v) is 11.9. The number of aromatic nitrogens is 2. The van der Waals surface area contributed by atoms with E-state index in [0.29, 0.717) is 0 Å². The number of carbonyl (C=O) groups is 2. The predicted octanol–water partition coefficient (Wildman–Crippen LogP) is 0.967. The van der Waals surface area contributed by atoms with Crippen LogP contribution in [0.4, 0.5) is 9.80 Å². The molecule has 0 aliphatic rings. The maximum absolute atomic E-state index is 11.5. The van der Waals surface area contributed by atoms with Crippen molar-refractivity contribution in [2.75, 3.05) is 12.4 Å². The highest BCUT2D eigenvalue weighted by atomic mass is 32.1. The monoisotopic (exact) mass is 307 g/mol. The molecule has 0 fully saturated rings. The third-order valence-corrected chi connectivity index (χ3v) is 3.21. The van der Waals surface area contributed by atoms with Crippen LogP contribution in [0.2, 0.25) is 0 Å². The number of hydrogen-bond acceptors (Lipinski definition) is 6. The molecule has 3 amide bonds. The summed E-state index contributed by atoms with van der Waals surface area (Å²) in [5.41, 5.74) is 6.18. The second-order valence-electron chi connectivity index (χ2n) is 3.91. The summed E-state index contributed by atoms with van der Waals surface area (Å²) in [6.07, 6.45) is 3.28. The Morgan fingerprint density at radius 2 is 2.29 bits per heavy atom. The van der Waals surface area contributed by atoms with Crippen molar-refractivity contribution in [2.45, 2.75) is 6.61 Å². The van der Waals surface area contributed by atoms with Gasteiger partial charge in [0.2, 0.25) is 5.88 Å². The van der Waals surface area contributed by atoms with E-state index in [4.69, 9.17) is 10.5 Å². The molecule has 0 aromatic carbocycles. The van der Waals surface area contributed by atoms with Crippen LogP contribution >= 0.6 is 11.5 Å². The average Bonchev–Trinajstić information content (AvgIpc) is 2.89. The van der Waals surface area contributed by atoms with E-state index in [0.717, 1.165) is 17.1 Å². The number of rotatable bonds is 5. The Balaban J connectivity index is 2.16. The van der Waals surface area contributed by atoms with Crippen LogP contribution in [0, 0.1) is 0 Å². The van der Waals surface area contributed by atoms with E-state index in [1.54, 1.807) is 18.5 Å². The molecule has 21 heavy (non-hydrogen) atoms. The number of carbonyl (C=O) groups excluding carboxylic acids is 2. The van der Waals surface area contributed by atoms with Gasteiger partial charge in [0.05, 0.1) is 0 Å². The topological polar surface area (TPSA) is 119 Å². The first-order chi connectivity index (χ1) is 10.1. The van der Waals surface area contributed by atoms with Crippen molar-refractivity contribution >= 4 is 28.5 Å². The number of pyridine rings is 1. The van der Waals surface area contributed by atoms with Gasteiger partial charge in [-0.1, -0.05) is 6.07 Å². The number of nitrogens with two attached hydrogens (primary N) is 1. The van der Waals surface area contributed by atoms with Crippen LogP contribution in [0.15, 0.2) is 24.5 Å². The van der Waals surface area contributed by atoms with Gasteiger partial charge in [0.25, 0.3) is 5.91 Å². The van der Waals surface area contributed by atoms with Gasteiger partial charge < -0.3 is 15.8 Å². The first-order valence-electron chi connectivity index (χ1n) is 5.91. The number of ether oxygens (including phenoxy) is 1. The third kappa shape index (κ3) is 3.66. The Hall–Kier alpha value is -2.68. The number of nitrogens with zero attached hydrogens (tertiary/aromatic N) is 2. The van der Waals surface area contributed by atoms with Gasteiger partial charge in [-0.05, 0) is 17.6 Å². The Labute approximate surface area is 124 Å². The van der Waals surface area contributed by atoms with Crippen LogP contribution in [-0.4, -0.2) is 28.3 Å². The normalized spacial score (nSPS) is 9.95. The summed E-state index contributed by atoms with van der Waals surface area (Å²) >= 11 is 0.920. The molecular formula is C12H13N5O3S. The minimum absolute atomic E-state index is 0.0486. The molecule has 0 saturated heterocycles. The smallest absolute Gasteiger partial charge is 0.319 e. The van der Waals surface area contributed by atoms with Crippen LogP contribution in [0.3, 0.4) is 0 Å². The molecule has 0 unspecified atom stereocenters. The summed E-state index contributed by atoms with van der Waals surface area (Å²) < 4.78 is 9.46. The Morgan fingerprint density at radius 1 is 1.48 bits per heavy atom. The molecule has 9 heteroatoms. The van der Waals surface area contributed by atoms with Gasteiger partial charge in [0.1, 0.15) is 17.2 Å². The van der Waals surface area contributed by atoms with Gasteiger partial charge in [0.15, 0.2) is 0 Å². The van der Waals surface area contributed by atoms with E-state index in [1.807, 2.05) is 6.07 Å². The van der Waals surface area contributed by atoms with Crippen molar-refractivity contribution in [3.05, 3.63) is 35.7 Å². The highest BCUT2D eigenvalue weighted by molar-refractivity contribution is 7.11. The molecule has 0 atom stereocenters. The van der Waals surface area contributed by atoms with Gasteiger partial charge in [-0.25, -0.2) is 4.79 Å². The molecule has 8 nitrogen and oxygen atoms in total. The fraction of sp³-hybridized carbons (Fsp3) is 0.167. The summed E-state index contributed by atoms with van der Waals surface area (Å²) in [4.78, 5) is 26.8. The number of nitrogens with one attached hydrogen (secondary N) is 2. The van der Waals surface area contributed by atoms with E-state index < -0.39 is 11.9 Å². The molecule has 0 aliphatic heterocycles. The lowest BCUT2D eigenvalue weighted by molar-refractivity contribution is 0.0996. The first-order valence-corrected chi connectivity index (χ1v) is 6.69. The minimum Gasteiger partial charge on any atom is -0.472 e. The third-order valence-electron chi connectivity index (χ3n) is 2.46. The first kappa shape index (κ1) is 14.7. The fourth-order valence-electron chi connectivity index (χ4n) is 1.48. The lowest BCUT2D eigenvalue weighted by atomic mass is 10.3. The quantitative estimate of drug-likeness (QED) is 0.760. The fourth-order valence-corrected chi connectivity index (χ4v) is 2.21. The van der Waals surface area contributed by atoms with Crippen molar-refractivity contribution in [1.29, 1.82) is 0 Å². The number of amides is 3. The van der Waals surface area contributed by atoms with Crippen molar-refractivity contribution in [1.82, 2.24) is 14.7 Å². The second kappa shape index (κ2) is 6.66. The second-order valence-corrected chi connectivity index (χ2v) is 4.68. The van der Waals surface area contributed by atoms with Crippen LogP contribution in [0.25, 0.3) is 0 Å². The summed E-state index contributed by atoms with van der Waals surface area (Å²) in [7, 11) is 1.46. The lowest BCUT2D eigenvalue weighted by Crippen LogP contribution is -2.25. The molecule has 0 radical (unpaired) electrons. The molecule has 0 bridgehead atoms.